The molecule has 164 valence electrons. The molecule has 28 heavy (non-hydrogen) atoms. The molecule has 0 atom stereocenters. The van der Waals surface area contributed by atoms with Crippen LogP contribution in [0.5, 0.6) is 0 Å². The second-order valence-electron chi connectivity index (χ2n) is 6.55. The number of nitrogens with zero attached hydrogens (tertiary/aromatic N) is 2. The van der Waals surface area contributed by atoms with E-state index in [-0.39, 0.29) is 0 Å². The van der Waals surface area contributed by atoms with Gasteiger partial charge in [-0.2, -0.15) is 8.62 Å². The number of aliphatic imine (C=N–C) groups is 2. The second-order valence-corrected chi connectivity index (χ2v) is 10.8. The fourth-order valence-corrected chi connectivity index (χ4v) is 5.44. The molecule has 15 heteroatoms. The van der Waals surface area contributed by atoms with Crippen molar-refractivity contribution in [3.05, 3.63) is 0 Å². The lowest BCUT2D eigenvalue weighted by molar-refractivity contribution is 0.204. The van der Waals surface area contributed by atoms with Crippen molar-refractivity contribution in [2.75, 3.05) is 0 Å². The quantitative estimate of drug-likeness (QED) is 0.288. The van der Waals surface area contributed by atoms with E-state index in [2.05, 4.69) is 24.6 Å². The average Bonchev–Trinajstić information content (AvgIpc) is 2.53. The highest BCUT2D eigenvalue weighted by Crippen LogP contribution is 2.64. The van der Waals surface area contributed by atoms with E-state index < -0.39 is 23.5 Å². The molecule has 0 heterocycles. The van der Waals surface area contributed by atoms with Gasteiger partial charge in [-0.15, -0.1) is 0 Å². The highest BCUT2D eigenvalue weighted by molar-refractivity contribution is 7.66. The van der Waals surface area contributed by atoms with Gasteiger partial charge >= 0.3 is 23.5 Å². The lowest BCUT2D eigenvalue weighted by Crippen LogP contribution is -2.10. The molecular weight excluding hydrogens is 437 g/mol. The molecule has 0 spiro atoms. The molecule has 0 radical (unpaired) electrons. The third kappa shape index (κ3) is 13.9. The van der Waals surface area contributed by atoms with E-state index in [1.807, 2.05) is 0 Å². The number of rotatable bonds is 6. The van der Waals surface area contributed by atoms with Crippen LogP contribution in [0, 0.1) is 0 Å². The third-order valence-corrected chi connectivity index (χ3v) is 7.40. The average molecular weight is 464 g/mol. The summed E-state index contributed by atoms with van der Waals surface area (Å²) < 4.78 is 36.4. The Labute approximate surface area is 163 Å². The molecule has 0 bridgehead atoms. The molecule has 5 N–H and O–H groups in total. The molecule has 0 saturated heterocycles. The highest BCUT2D eigenvalue weighted by Gasteiger charge is 2.38. The van der Waals surface area contributed by atoms with Crippen molar-refractivity contribution >= 4 is 29.5 Å². The second kappa shape index (κ2) is 11.8. The van der Waals surface area contributed by atoms with Crippen molar-refractivity contribution in [1.29, 1.82) is 0 Å². The maximum absolute atomic E-state index is 10.4. The van der Waals surface area contributed by atoms with Gasteiger partial charge in [0.1, 0.15) is 0 Å². The Bertz CT molecular complexity index is 622. The van der Waals surface area contributed by atoms with Crippen molar-refractivity contribution < 1.29 is 46.8 Å². The van der Waals surface area contributed by atoms with Gasteiger partial charge in [-0.1, -0.05) is 38.5 Å². The van der Waals surface area contributed by atoms with Gasteiger partial charge in [-0.3, -0.25) is 0 Å². The molecule has 12 nitrogen and oxygen atoms in total. The maximum Gasteiger partial charge on any atom is 0.490 e. The molecule has 0 aliphatic heterocycles. The van der Waals surface area contributed by atoms with Gasteiger partial charge in [-0.05, 0) is 25.7 Å². The van der Waals surface area contributed by atoms with Crippen LogP contribution in [-0.2, 0) is 22.3 Å². The van der Waals surface area contributed by atoms with E-state index in [0.717, 1.165) is 0 Å². The Balaban J connectivity index is 0.000000284. The summed E-state index contributed by atoms with van der Waals surface area (Å²) in [5.41, 5.74) is 0. The Kier molecular flexibility index (Phi) is 10.9. The minimum atomic E-state index is -5.46. The lowest BCUT2D eigenvalue weighted by Gasteiger charge is -2.17. The molecule has 2 saturated carbocycles. The van der Waals surface area contributed by atoms with Gasteiger partial charge in [-0.25, -0.2) is 23.7 Å². The van der Waals surface area contributed by atoms with Crippen LogP contribution in [-0.4, -0.2) is 42.6 Å². The minimum absolute atomic E-state index is 0.533. The minimum Gasteiger partial charge on any atom is -0.302 e. The van der Waals surface area contributed by atoms with Gasteiger partial charge < -0.3 is 24.5 Å². The summed E-state index contributed by atoms with van der Waals surface area (Å²) in [6, 6.07) is 4.04. The summed E-state index contributed by atoms with van der Waals surface area (Å²) in [6.45, 7) is 0. The largest absolute Gasteiger partial charge is 0.490 e. The normalized spacial score (nSPS) is 19.9. The fourth-order valence-electron chi connectivity index (χ4n) is 2.90. The summed E-state index contributed by atoms with van der Waals surface area (Å²) in [5, 5.41) is 0. The van der Waals surface area contributed by atoms with E-state index in [4.69, 9.17) is 24.5 Å². The highest BCUT2D eigenvalue weighted by atomic mass is 31.3. The first-order valence-electron chi connectivity index (χ1n) is 8.87. The molecular formula is C13H27N2O10P3. The van der Waals surface area contributed by atoms with Crippen molar-refractivity contribution in [3.8, 4) is 0 Å². The van der Waals surface area contributed by atoms with Gasteiger partial charge in [0.2, 0.25) is 0 Å². The molecule has 2 aliphatic carbocycles. The molecule has 2 fully saturated rings. The Morgan fingerprint density at radius 3 is 1.25 bits per heavy atom. The van der Waals surface area contributed by atoms with Crippen molar-refractivity contribution in [2.24, 2.45) is 9.98 Å². The van der Waals surface area contributed by atoms with E-state index in [0.29, 0.717) is 12.1 Å². The molecule has 0 unspecified atom stereocenters. The van der Waals surface area contributed by atoms with E-state index in [9.17, 15) is 13.7 Å². The fraction of sp³-hybridized carbons (Fsp3) is 0.923. The zero-order valence-corrected chi connectivity index (χ0v) is 17.9. The number of hydrogen-bond donors (Lipinski definition) is 5. The summed E-state index contributed by atoms with van der Waals surface area (Å²) in [7, 11) is -16.2. The summed E-state index contributed by atoms with van der Waals surface area (Å²) >= 11 is 0. The Morgan fingerprint density at radius 2 is 0.964 bits per heavy atom. The number of hydrogen-bond acceptors (Lipinski definition) is 7. The maximum atomic E-state index is 10.4. The first-order chi connectivity index (χ1) is 12.9. The topological polar surface area (TPSA) is 196 Å². The van der Waals surface area contributed by atoms with Crippen molar-refractivity contribution in [2.45, 2.75) is 76.3 Å². The zero-order chi connectivity index (χ0) is 21.3. The molecule has 2 rings (SSSR count). The molecule has 0 amide bonds. The summed E-state index contributed by atoms with van der Waals surface area (Å²) in [5.74, 6) is 0. The first kappa shape index (κ1) is 25.8. The Morgan fingerprint density at radius 1 is 0.643 bits per heavy atom. The van der Waals surface area contributed by atoms with Crippen LogP contribution in [0.1, 0.15) is 64.2 Å². The monoisotopic (exact) mass is 464 g/mol. The molecule has 0 aromatic carbocycles. The van der Waals surface area contributed by atoms with Gasteiger partial charge in [0.25, 0.3) is 0 Å². The van der Waals surface area contributed by atoms with Crippen LogP contribution in [0.25, 0.3) is 0 Å². The Hall–Kier alpha value is -0.210. The molecule has 0 aromatic heterocycles. The van der Waals surface area contributed by atoms with Crippen molar-refractivity contribution in [1.82, 2.24) is 0 Å². The summed E-state index contributed by atoms with van der Waals surface area (Å²) in [4.78, 5) is 49.1. The SMILES string of the molecule is C(=NC1CCCCC1)=NC1CCCCC1.O=P(O)(O)OP(=O)(O)OP(=O)(O)O. The van der Waals surface area contributed by atoms with Gasteiger partial charge in [0.05, 0.1) is 18.1 Å². The van der Waals surface area contributed by atoms with E-state index in [1.54, 1.807) is 0 Å². The van der Waals surface area contributed by atoms with Crippen LogP contribution in [0.15, 0.2) is 9.98 Å². The molecule has 0 aromatic rings. The zero-order valence-electron chi connectivity index (χ0n) is 15.2. The lowest BCUT2D eigenvalue weighted by atomic mass is 9.96. The smallest absolute Gasteiger partial charge is 0.302 e. The predicted molar refractivity (Wildman–Crippen MR) is 99.7 cm³/mol. The van der Waals surface area contributed by atoms with E-state index in [1.165, 1.54) is 64.2 Å². The van der Waals surface area contributed by atoms with Crippen LogP contribution in [0.4, 0.5) is 0 Å². The summed E-state index contributed by atoms with van der Waals surface area (Å²) in [6.07, 6.45) is 13.2. The van der Waals surface area contributed by atoms with Crippen LogP contribution < -0.4 is 0 Å². The van der Waals surface area contributed by atoms with Crippen LogP contribution in [0.3, 0.4) is 0 Å². The number of phosphoric acid groups is 3. The van der Waals surface area contributed by atoms with Gasteiger partial charge in [0, 0.05) is 0 Å². The van der Waals surface area contributed by atoms with Crippen LogP contribution >= 0.6 is 23.5 Å². The van der Waals surface area contributed by atoms with Crippen LogP contribution in [0.2, 0.25) is 0 Å². The third-order valence-electron chi connectivity index (χ3n) is 4.05. The predicted octanol–water partition coefficient (Wildman–Crippen LogP) is 3.13. The van der Waals surface area contributed by atoms with Crippen molar-refractivity contribution in [3.63, 3.8) is 0 Å². The standard InChI is InChI=1S/C13H22N2.H5O10P3/c1-3-7-12(8-4-1)14-11-15-13-9-5-2-6-10-13;1-11(2,3)9-13(7,8)10-12(4,5)6/h12-13H,1-10H2;(H,7,8)(H2,1,2,3)(H2,4,5,6). The first-order valence-corrected chi connectivity index (χ1v) is 13.4. The molecule has 2 aliphatic rings. The van der Waals surface area contributed by atoms with E-state index >= 15 is 0 Å². The van der Waals surface area contributed by atoms with Gasteiger partial charge in [0.15, 0.2) is 0 Å².